The number of carbonyl (C=O) groups excluding carboxylic acids is 1. The summed E-state index contributed by atoms with van der Waals surface area (Å²) in [7, 11) is 0. The van der Waals surface area contributed by atoms with E-state index in [1.807, 2.05) is 25.1 Å². The van der Waals surface area contributed by atoms with Crippen LogP contribution in [0.5, 0.6) is 0 Å². The summed E-state index contributed by atoms with van der Waals surface area (Å²) < 4.78 is 0.886. The van der Waals surface area contributed by atoms with Crippen molar-refractivity contribution in [3.05, 3.63) is 69.7 Å². The Morgan fingerprint density at radius 1 is 1.15 bits per heavy atom. The van der Waals surface area contributed by atoms with E-state index in [1.165, 1.54) is 0 Å². The number of amidine groups is 1. The van der Waals surface area contributed by atoms with Crippen molar-refractivity contribution in [2.45, 2.75) is 6.92 Å². The van der Waals surface area contributed by atoms with Crippen molar-refractivity contribution in [1.82, 2.24) is 0 Å². The zero-order chi connectivity index (χ0) is 14.5. The van der Waals surface area contributed by atoms with Crippen molar-refractivity contribution in [2.75, 3.05) is 0 Å². The lowest BCUT2D eigenvalue weighted by molar-refractivity contribution is 0.0516. The van der Waals surface area contributed by atoms with Gasteiger partial charge in [-0.3, -0.25) is 0 Å². The Morgan fingerprint density at radius 2 is 1.85 bits per heavy atom. The summed E-state index contributed by atoms with van der Waals surface area (Å²) in [5, 5.41) is 3.67. The SMILES string of the molecule is Cc1cccc(C(N)=NOC(=O)c2ccc(Br)cc2)c1. The highest BCUT2D eigenvalue weighted by Gasteiger charge is 2.07. The van der Waals surface area contributed by atoms with Crippen LogP contribution in [0.25, 0.3) is 0 Å². The molecule has 2 rings (SSSR count). The van der Waals surface area contributed by atoms with E-state index in [4.69, 9.17) is 10.6 Å². The lowest BCUT2D eigenvalue weighted by atomic mass is 10.1. The van der Waals surface area contributed by atoms with Crippen LogP contribution in [0.2, 0.25) is 0 Å². The molecule has 0 aliphatic carbocycles. The van der Waals surface area contributed by atoms with E-state index in [9.17, 15) is 4.79 Å². The molecule has 0 aliphatic rings. The van der Waals surface area contributed by atoms with Crippen LogP contribution in [-0.4, -0.2) is 11.8 Å². The maximum Gasteiger partial charge on any atom is 0.365 e. The molecule has 0 bridgehead atoms. The zero-order valence-electron chi connectivity index (χ0n) is 10.8. The molecule has 0 saturated heterocycles. The van der Waals surface area contributed by atoms with Gasteiger partial charge in [-0.15, -0.1) is 0 Å². The normalized spacial score (nSPS) is 11.2. The number of rotatable bonds is 3. The molecule has 0 fully saturated rings. The van der Waals surface area contributed by atoms with Crippen LogP contribution in [0.15, 0.2) is 58.2 Å². The monoisotopic (exact) mass is 332 g/mol. The highest BCUT2D eigenvalue weighted by molar-refractivity contribution is 9.10. The number of carbonyl (C=O) groups is 1. The minimum absolute atomic E-state index is 0.166. The highest BCUT2D eigenvalue weighted by Crippen LogP contribution is 2.11. The minimum Gasteiger partial charge on any atom is -0.380 e. The third kappa shape index (κ3) is 3.68. The Kier molecular flexibility index (Phi) is 4.53. The second-order valence-electron chi connectivity index (χ2n) is 4.23. The third-order valence-electron chi connectivity index (χ3n) is 2.62. The molecular weight excluding hydrogens is 320 g/mol. The fourth-order valence-electron chi connectivity index (χ4n) is 1.59. The lowest BCUT2D eigenvalue weighted by Crippen LogP contribution is -2.15. The van der Waals surface area contributed by atoms with Gasteiger partial charge in [0.25, 0.3) is 0 Å². The van der Waals surface area contributed by atoms with Gasteiger partial charge in [0.05, 0.1) is 5.56 Å². The van der Waals surface area contributed by atoms with E-state index >= 15 is 0 Å². The molecule has 102 valence electrons. The van der Waals surface area contributed by atoms with Gasteiger partial charge in [0, 0.05) is 10.0 Å². The smallest absolute Gasteiger partial charge is 0.365 e. The van der Waals surface area contributed by atoms with Gasteiger partial charge in [-0.1, -0.05) is 44.8 Å². The summed E-state index contributed by atoms with van der Waals surface area (Å²) in [6.07, 6.45) is 0. The Bertz CT molecular complexity index is 651. The van der Waals surface area contributed by atoms with Gasteiger partial charge in [0.2, 0.25) is 0 Å². The molecule has 0 spiro atoms. The van der Waals surface area contributed by atoms with Crippen LogP contribution >= 0.6 is 15.9 Å². The Morgan fingerprint density at radius 3 is 2.50 bits per heavy atom. The molecule has 0 radical (unpaired) electrons. The van der Waals surface area contributed by atoms with Gasteiger partial charge in [-0.05, 0) is 37.3 Å². The first-order valence-electron chi connectivity index (χ1n) is 5.93. The van der Waals surface area contributed by atoms with Crippen molar-refractivity contribution in [1.29, 1.82) is 0 Å². The van der Waals surface area contributed by atoms with Crippen LogP contribution in [-0.2, 0) is 4.84 Å². The van der Waals surface area contributed by atoms with Crippen molar-refractivity contribution < 1.29 is 9.63 Å². The number of nitrogens with zero attached hydrogens (tertiary/aromatic N) is 1. The second kappa shape index (κ2) is 6.34. The van der Waals surface area contributed by atoms with Crippen molar-refractivity contribution in [3.8, 4) is 0 Å². The van der Waals surface area contributed by atoms with Gasteiger partial charge >= 0.3 is 5.97 Å². The molecule has 2 aromatic rings. The molecular formula is C15H13BrN2O2. The number of hydrogen-bond donors (Lipinski definition) is 1. The fourth-order valence-corrected chi connectivity index (χ4v) is 1.85. The quantitative estimate of drug-likeness (QED) is 0.406. The summed E-state index contributed by atoms with van der Waals surface area (Å²) >= 11 is 3.29. The maximum absolute atomic E-state index is 11.8. The van der Waals surface area contributed by atoms with Gasteiger partial charge in [0.15, 0.2) is 5.84 Å². The first-order valence-corrected chi connectivity index (χ1v) is 6.73. The molecule has 0 amide bonds. The zero-order valence-corrected chi connectivity index (χ0v) is 12.4. The van der Waals surface area contributed by atoms with E-state index in [0.717, 1.165) is 10.0 Å². The van der Waals surface area contributed by atoms with E-state index in [1.54, 1.807) is 30.3 Å². The predicted octanol–water partition coefficient (Wildman–Crippen LogP) is 3.23. The molecule has 20 heavy (non-hydrogen) atoms. The van der Waals surface area contributed by atoms with Gasteiger partial charge in [-0.2, -0.15) is 0 Å². The molecule has 5 heteroatoms. The molecule has 4 nitrogen and oxygen atoms in total. The average molecular weight is 333 g/mol. The Hall–Kier alpha value is -2.14. The van der Waals surface area contributed by atoms with Crippen LogP contribution < -0.4 is 5.73 Å². The number of benzene rings is 2. The van der Waals surface area contributed by atoms with Crippen molar-refractivity contribution in [2.24, 2.45) is 10.9 Å². The minimum atomic E-state index is -0.548. The average Bonchev–Trinajstić information content (AvgIpc) is 2.45. The Balaban J connectivity index is 2.08. The van der Waals surface area contributed by atoms with Crippen LogP contribution in [0.4, 0.5) is 0 Å². The first kappa shape index (κ1) is 14.3. The molecule has 0 aliphatic heterocycles. The molecule has 0 aromatic heterocycles. The van der Waals surface area contributed by atoms with E-state index in [0.29, 0.717) is 11.1 Å². The Labute approximate surface area is 125 Å². The van der Waals surface area contributed by atoms with E-state index in [2.05, 4.69) is 21.1 Å². The second-order valence-corrected chi connectivity index (χ2v) is 5.15. The summed E-state index contributed by atoms with van der Waals surface area (Å²) in [6.45, 7) is 1.95. The fraction of sp³-hybridized carbons (Fsp3) is 0.0667. The highest BCUT2D eigenvalue weighted by atomic mass is 79.9. The third-order valence-corrected chi connectivity index (χ3v) is 3.15. The van der Waals surface area contributed by atoms with Crippen LogP contribution in [0.3, 0.4) is 0 Å². The largest absolute Gasteiger partial charge is 0.380 e. The summed E-state index contributed by atoms with van der Waals surface area (Å²) in [5.41, 5.74) is 7.96. The predicted molar refractivity (Wildman–Crippen MR) is 81.5 cm³/mol. The number of oxime groups is 1. The lowest BCUT2D eigenvalue weighted by Gasteiger charge is -2.02. The van der Waals surface area contributed by atoms with Crippen molar-refractivity contribution in [3.63, 3.8) is 0 Å². The summed E-state index contributed by atoms with van der Waals surface area (Å²) in [6, 6.07) is 14.3. The number of aryl methyl sites for hydroxylation is 1. The number of nitrogens with two attached hydrogens (primary N) is 1. The van der Waals surface area contributed by atoms with Gasteiger partial charge in [-0.25, -0.2) is 4.79 Å². The number of hydrogen-bond acceptors (Lipinski definition) is 3. The van der Waals surface area contributed by atoms with E-state index < -0.39 is 5.97 Å². The summed E-state index contributed by atoms with van der Waals surface area (Å²) in [5.74, 6) is -0.382. The molecule has 0 heterocycles. The summed E-state index contributed by atoms with van der Waals surface area (Å²) in [4.78, 5) is 16.6. The standard InChI is InChI=1S/C15H13BrN2O2/c1-10-3-2-4-12(9-10)14(17)18-20-15(19)11-5-7-13(16)8-6-11/h2-9H,1H3,(H2,17,18). The van der Waals surface area contributed by atoms with Crippen LogP contribution in [0.1, 0.15) is 21.5 Å². The van der Waals surface area contributed by atoms with Gasteiger partial charge < -0.3 is 10.6 Å². The van der Waals surface area contributed by atoms with Crippen LogP contribution in [0, 0.1) is 6.92 Å². The van der Waals surface area contributed by atoms with Crippen molar-refractivity contribution >= 4 is 27.7 Å². The van der Waals surface area contributed by atoms with E-state index in [-0.39, 0.29) is 5.84 Å². The number of halogens is 1. The molecule has 0 unspecified atom stereocenters. The topological polar surface area (TPSA) is 64.7 Å². The first-order chi connectivity index (χ1) is 9.56. The molecule has 2 N–H and O–H groups in total. The maximum atomic E-state index is 11.8. The molecule has 0 atom stereocenters. The molecule has 2 aromatic carbocycles. The molecule has 0 saturated carbocycles. The van der Waals surface area contributed by atoms with Gasteiger partial charge in [0.1, 0.15) is 0 Å².